The average Bonchev–Trinajstić information content (AvgIpc) is 0.753. The standard InChI is InChI=1S/C69H118N8O28S2/c1-67(2,3)105-66(96)76-28-31-77(29-20-52(90)74-26-24-72-50(88)18-10-8-16-48(86)70-22-12-4-6-14-32-97-64-62-60(56(94)46(38-80)99-64)103-68(40-106-62)34-42(82)54(92)58(101-68)44(84)36-78)30-21-53(91)75-27-25-73-51(89)19-11-9-17-49(87)71-23-13-5-7-15-33-98-65-63-61(57(95)47(39-81)100-65)104-69(41-107-63)35-43(83)55(93)59(102-69)45(85)37-79/h42-47,54-59,64-65,78-85,92-95H,4-41H2,1-3H3,(H,70,86)(H,71,87)(H,72,88)(H,73,89)(H,74,90)(H,75,91)(H,76,96)/t42-,43-,44-,45-,46-,47-,54-,55-,56+,57+,58-,59-,64+,65+,68-,69-/m1/s1. The van der Waals surface area contributed by atoms with Crippen LogP contribution in [0.15, 0.2) is 21.3 Å². The van der Waals surface area contributed by atoms with Gasteiger partial charge in [-0.2, -0.15) is 0 Å². The molecule has 16 atom stereocenters. The van der Waals surface area contributed by atoms with Crippen LogP contribution in [0.3, 0.4) is 0 Å². The van der Waals surface area contributed by atoms with Gasteiger partial charge in [0.1, 0.15) is 78.2 Å². The number of carbonyl (C=O) groups excluding carboxylic acids is 7. The number of aliphatic hydroxyl groups is 12. The van der Waals surface area contributed by atoms with Crippen molar-refractivity contribution >= 4 is 65.1 Å². The molecule has 0 aromatic rings. The lowest BCUT2D eigenvalue weighted by Gasteiger charge is -2.50. The van der Waals surface area contributed by atoms with Gasteiger partial charge in [-0.3, -0.25) is 28.8 Å². The molecule has 0 aromatic carbocycles. The molecule has 6 aliphatic heterocycles. The fraction of sp³-hybridized carbons (Fsp3) is 0.841. The predicted molar refractivity (Wildman–Crippen MR) is 383 cm³/mol. The minimum absolute atomic E-state index is 0.0307. The van der Waals surface area contributed by atoms with Crippen LogP contribution < -0.4 is 37.2 Å². The van der Waals surface area contributed by atoms with E-state index in [0.717, 1.165) is 25.7 Å². The summed E-state index contributed by atoms with van der Waals surface area (Å²) < 4.78 is 53.1. The molecule has 2 spiro atoms. The molecular formula is C69H118N8O28S2. The molecule has 107 heavy (non-hydrogen) atoms. The second-order valence-corrected chi connectivity index (χ2v) is 30.4. The van der Waals surface area contributed by atoms with Crippen LogP contribution >= 0.6 is 23.5 Å². The second-order valence-electron chi connectivity index (χ2n) is 28.4. The van der Waals surface area contributed by atoms with Crippen molar-refractivity contribution in [2.24, 2.45) is 0 Å². The van der Waals surface area contributed by atoms with Crippen LogP contribution in [-0.2, 0) is 71.4 Å². The van der Waals surface area contributed by atoms with Gasteiger partial charge in [0.25, 0.3) is 0 Å². The van der Waals surface area contributed by atoms with Crippen molar-refractivity contribution in [1.29, 1.82) is 0 Å². The lowest BCUT2D eigenvalue weighted by Crippen LogP contribution is -2.62. The molecule has 0 aliphatic carbocycles. The Bertz CT molecular complexity index is 2670. The average molecular weight is 1570 g/mol. The second kappa shape index (κ2) is 46.8. The van der Waals surface area contributed by atoms with Crippen LogP contribution in [0.1, 0.15) is 149 Å². The quantitative estimate of drug-likeness (QED) is 0.0267. The number of aliphatic hydroxyl groups excluding tert-OH is 12. The molecule has 0 unspecified atom stereocenters. The van der Waals surface area contributed by atoms with Gasteiger partial charge in [0.05, 0.1) is 73.2 Å². The van der Waals surface area contributed by atoms with Crippen molar-refractivity contribution < 1.29 is 137 Å². The summed E-state index contributed by atoms with van der Waals surface area (Å²) >= 11 is 2.39. The smallest absolute Gasteiger partial charge is 0.407 e. The highest BCUT2D eigenvalue weighted by atomic mass is 32.2. The topological polar surface area (TPSA) is 533 Å². The number of ether oxygens (including phenoxy) is 9. The Kier molecular flexibility index (Phi) is 39.8. The Balaban J connectivity index is 0.744. The number of unbranched alkanes of at least 4 members (excludes halogenated alkanes) is 8. The zero-order valence-corrected chi connectivity index (χ0v) is 63.2. The molecule has 0 radical (unpaired) electrons. The first-order chi connectivity index (χ1) is 51.1. The predicted octanol–water partition coefficient (Wildman–Crippen LogP) is -3.21. The third-order valence-corrected chi connectivity index (χ3v) is 20.9. The molecule has 7 amide bonds. The molecule has 0 bridgehead atoms. The zero-order valence-electron chi connectivity index (χ0n) is 61.6. The molecule has 36 nitrogen and oxygen atoms in total. The number of hydrogen-bond donors (Lipinski definition) is 19. The number of carbonyl (C=O) groups is 7. The van der Waals surface area contributed by atoms with E-state index in [9.17, 15) is 94.8 Å². The van der Waals surface area contributed by atoms with E-state index in [4.69, 9.17) is 42.6 Å². The van der Waals surface area contributed by atoms with Crippen molar-refractivity contribution in [3.63, 3.8) is 0 Å². The molecule has 614 valence electrons. The molecule has 6 aliphatic rings. The van der Waals surface area contributed by atoms with Gasteiger partial charge in [0.2, 0.25) is 47.0 Å². The minimum Gasteiger partial charge on any atom is -0.462 e. The Labute approximate surface area is 632 Å². The Morgan fingerprint density at radius 1 is 0.477 bits per heavy atom. The summed E-state index contributed by atoms with van der Waals surface area (Å²) in [4.78, 5) is 90.8. The largest absolute Gasteiger partial charge is 0.462 e. The van der Waals surface area contributed by atoms with Gasteiger partial charge in [-0.05, 0) is 72.1 Å². The molecule has 2 saturated heterocycles. The fourth-order valence-corrected chi connectivity index (χ4v) is 14.8. The summed E-state index contributed by atoms with van der Waals surface area (Å²) in [7, 11) is 0. The summed E-state index contributed by atoms with van der Waals surface area (Å²) in [5.41, 5.74) is -0.712. The Morgan fingerprint density at radius 3 is 1.19 bits per heavy atom. The lowest BCUT2D eigenvalue weighted by atomic mass is 9.93. The third kappa shape index (κ3) is 30.6. The van der Waals surface area contributed by atoms with Crippen molar-refractivity contribution in [3.05, 3.63) is 21.3 Å². The third-order valence-electron chi connectivity index (χ3n) is 18.3. The van der Waals surface area contributed by atoms with Gasteiger partial charge < -0.3 is 146 Å². The molecule has 38 heteroatoms. The maximum absolute atomic E-state index is 12.9. The number of nitrogens with one attached hydrogen (secondary N) is 7. The van der Waals surface area contributed by atoms with Crippen LogP contribution in [0.2, 0.25) is 0 Å². The Morgan fingerprint density at radius 2 is 0.832 bits per heavy atom. The molecular weight excluding hydrogens is 1450 g/mol. The number of hydrogen-bond acceptors (Lipinski definition) is 31. The first-order valence-electron chi connectivity index (χ1n) is 37.3. The van der Waals surface area contributed by atoms with E-state index in [2.05, 4.69) is 37.2 Å². The SMILES string of the molecule is CC(C)(C)OC(=O)NCCN(CCC(=O)NCCNC(=O)CCCCC(=O)NCCCCCCO[C@H]1O[C@H](CO)[C@H](O)C2=C1SC[C@@]1(C[C@@H](O)[C@@H](O)[C@@H]([C@H](O)CO)O1)O2)CCC(=O)NCCNC(=O)CCCCC(=O)NCCCCCCO[C@H]1O[C@H](CO)[C@H](O)C2=C1SC[C@@]1(C[C@@H](O)[C@@H](O)[C@@H]([C@H](O)CO)O1)O2. The van der Waals surface area contributed by atoms with E-state index in [0.29, 0.717) is 80.8 Å². The van der Waals surface area contributed by atoms with Crippen molar-refractivity contribution in [2.75, 3.05) is 117 Å². The van der Waals surface area contributed by atoms with Crippen molar-refractivity contribution in [2.45, 2.75) is 252 Å². The summed E-state index contributed by atoms with van der Waals surface area (Å²) in [6, 6.07) is 0. The van der Waals surface area contributed by atoms with E-state index in [1.165, 1.54) is 23.5 Å². The van der Waals surface area contributed by atoms with Crippen LogP contribution in [0, 0.1) is 0 Å². The maximum atomic E-state index is 12.9. The normalized spacial score (nSPS) is 27.7. The first kappa shape index (κ1) is 91.0. The molecule has 0 aromatic heterocycles. The number of nitrogens with zero attached hydrogens (tertiary/aromatic N) is 1. The Hall–Kier alpha value is -4.89. The van der Waals surface area contributed by atoms with E-state index < -0.39 is 136 Å². The molecule has 2 fully saturated rings. The summed E-state index contributed by atoms with van der Waals surface area (Å²) in [5.74, 6) is -4.17. The van der Waals surface area contributed by atoms with E-state index >= 15 is 0 Å². The molecule has 0 saturated carbocycles. The fourth-order valence-electron chi connectivity index (χ4n) is 12.5. The summed E-state index contributed by atoms with van der Waals surface area (Å²) in [6.07, 6.45) is -10.6. The number of alkyl carbamates (subject to hydrolysis) is 1. The number of rotatable bonds is 47. The minimum atomic E-state index is -1.55. The van der Waals surface area contributed by atoms with Gasteiger partial charge in [-0.1, -0.05) is 25.7 Å². The van der Waals surface area contributed by atoms with E-state index in [-0.39, 0.29) is 169 Å². The van der Waals surface area contributed by atoms with Gasteiger partial charge >= 0.3 is 6.09 Å². The monoisotopic (exact) mass is 1570 g/mol. The highest BCUT2D eigenvalue weighted by Gasteiger charge is 2.57. The summed E-state index contributed by atoms with van der Waals surface area (Å²) in [6.45, 7) is 5.81. The van der Waals surface area contributed by atoms with Crippen LogP contribution in [0.5, 0.6) is 0 Å². The highest BCUT2D eigenvalue weighted by Crippen LogP contribution is 2.49. The highest BCUT2D eigenvalue weighted by molar-refractivity contribution is 8.03. The first-order valence-corrected chi connectivity index (χ1v) is 39.3. The number of thioether (sulfide) groups is 2. The van der Waals surface area contributed by atoms with Crippen molar-refractivity contribution in [1.82, 2.24) is 42.1 Å². The zero-order chi connectivity index (χ0) is 78.1. The van der Waals surface area contributed by atoms with E-state index in [1.54, 1.807) is 20.8 Å². The van der Waals surface area contributed by atoms with Gasteiger partial charge in [-0.25, -0.2) is 4.79 Å². The lowest BCUT2D eigenvalue weighted by molar-refractivity contribution is -0.320. The van der Waals surface area contributed by atoms with Gasteiger partial charge in [0.15, 0.2) is 12.6 Å². The summed E-state index contributed by atoms with van der Waals surface area (Å²) in [5, 5.41) is 143. The van der Waals surface area contributed by atoms with Crippen LogP contribution in [0.4, 0.5) is 4.79 Å². The molecule has 6 heterocycles. The molecule has 6 rings (SSSR count). The maximum Gasteiger partial charge on any atom is 0.407 e. The number of amides is 7. The van der Waals surface area contributed by atoms with Crippen LogP contribution in [-0.4, -0.2) is 327 Å². The van der Waals surface area contributed by atoms with Crippen LogP contribution in [0.25, 0.3) is 0 Å². The van der Waals surface area contributed by atoms with E-state index in [1.807, 2.05) is 4.90 Å². The molecule has 19 N–H and O–H groups in total. The van der Waals surface area contributed by atoms with Gasteiger partial charge in [-0.15, -0.1) is 23.5 Å². The van der Waals surface area contributed by atoms with Crippen molar-refractivity contribution in [3.8, 4) is 0 Å². The van der Waals surface area contributed by atoms with Gasteiger partial charge in [0, 0.05) is 117 Å².